The lowest BCUT2D eigenvalue weighted by atomic mass is 10.1. The van der Waals surface area contributed by atoms with Crippen LogP contribution in [0.1, 0.15) is 11.1 Å². The Balaban J connectivity index is 2.91. The Hall–Kier alpha value is -2.66. The van der Waals surface area contributed by atoms with Gasteiger partial charge in [-0.15, -0.1) is 0 Å². The van der Waals surface area contributed by atoms with Gasteiger partial charge in [0.05, 0.1) is 11.1 Å². The number of hydrogen-bond donors (Lipinski definition) is 0. The average Bonchev–Trinajstić information content (AvgIpc) is 2.61. The van der Waals surface area contributed by atoms with E-state index >= 15 is 0 Å². The van der Waals surface area contributed by atoms with Crippen LogP contribution in [0.3, 0.4) is 0 Å². The third-order valence-electron chi connectivity index (χ3n) is 3.05. The molecule has 140 valence electrons. The van der Waals surface area contributed by atoms with Gasteiger partial charge < -0.3 is 0 Å². The molecule has 0 bridgehead atoms. The summed E-state index contributed by atoms with van der Waals surface area (Å²) in [4.78, 5) is 0. The van der Waals surface area contributed by atoms with Gasteiger partial charge in [-0.3, -0.25) is 0 Å². The first-order valence-corrected chi connectivity index (χ1v) is 6.02. The molecule has 0 unspecified atom stereocenters. The van der Waals surface area contributed by atoms with Gasteiger partial charge in [-0.05, 0) is 0 Å². The molecule has 0 atom stereocenters. The molecule has 0 aliphatic carbocycles. The largest absolute Gasteiger partial charge is 0.203 e. The fourth-order valence-electron chi connectivity index (χ4n) is 1.81. The Morgan fingerprint density at radius 2 is 0.462 bits per heavy atom. The fourth-order valence-corrected chi connectivity index (χ4v) is 1.81. The van der Waals surface area contributed by atoms with Crippen LogP contribution in [-0.4, -0.2) is 0 Å². The predicted molar refractivity (Wildman–Crippen MR) is 61.5 cm³/mol. The summed E-state index contributed by atoms with van der Waals surface area (Å²) in [6.07, 6.45) is 0. The summed E-state index contributed by atoms with van der Waals surface area (Å²) in [7, 11) is 0. The normalized spacial score (nSPS) is 12.5. The molecule has 0 aliphatic heterocycles. The van der Waals surface area contributed by atoms with Crippen molar-refractivity contribution in [2.24, 2.45) is 0 Å². The van der Waals surface area contributed by atoms with Crippen LogP contribution in [0.4, 0.5) is 52.7 Å². The highest BCUT2D eigenvalue weighted by atomic mass is 19.2. The van der Waals surface area contributed by atoms with Crippen molar-refractivity contribution in [2.45, 2.75) is 0 Å². The Labute approximate surface area is 135 Å². The molecule has 0 aliphatic rings. The van der Waals surface area contributed by atoms with Gasteiger partial charge in [-0.2, -0.15) is 0 Å². The molecule has 0 amide bonds. The van der Waals surface area contributed by atoms with Crippen molar-refractivity contribution in [3.63, 3.8) is 0 Å². The van der Waals surface area contributed by atoms with Crippen molar-refractivity contribution < 1.29 is 52.7 Å². The standard InChI is InChI=1S/C14F12/c15-3(1-5(17)9(21)13(25)10(22)6(1)18)4(16)2-7(19)11(23)14(26)12(24)8(2)20. The molecule has 0 spiro atoms. The Kier molecular flexibility index (Phi) is 4.97. The van der Waals surface area contributed by atoms with Crippen molar-refractivity contribution in [2.75, 3.05) is 0 Å². The summed E-state index contributed by atoms with van der Waals surface area (Å²) in [5, 5.41) is 0. The molecule has 2 aromatic carbocycles. The van der Waals surface area contributed by atoms with E-state index in [9.17, 15) is 52.7 Å². The van der Waals surface area contributed by atoms with E-state index in [2.05, 4.69) is 0 Å². The third-order valence-corrected chi connectivity index (χ3v) is 3.05. The quantitative estimate of drug-likeness (QED) is 0.259. The second-order valence-electron chi connectivity index (χ2n) is 4.52. The van der Waals surface area contributed by atoms with Crippen LogP contribution in [0.5, 0.6) is 0 Å². The van der Waals surface area contributed by atoms with E-state index in [1.54, 1.807) is 0 Å². The zero-order valence-electron chi connectivity index (χ0n) is 11.5. The van der Waals surface area contributed by atoms with E-state index in [4.69, 9.17) is 0 Å². The zero-order valence-corrected chi connectivity index (χ0v) is 11.5. The van der Waals surface area contributed by atoms with Gasteiger partial charge in [0.2, 0.25) is 11.6 Å². The maximum Gasteiger partial charge on any atom is 0.200 e. The number of benzene rings is 2. The first-order chi connectivity index (χ1) is 11.9. The molecular formula is C14F12. The first-order valence-electron chi connectivity index (χ1n) is 6.02. The average molecular weight is 396 g/mol. The van der Waals surface area contributed by atoms with Crippen LogP contribution in [0.15, 0.2) is 0 Å². The van der Waals surface area contributed by atoms with E-state index in [0.29, 0.717) is 0 Å². The molecule has 0 saturated carbocycles. The Bertz CT molecular complexity index is 824. The molecule has 0 aromatic heterocycles. The third kappa shape index (κ3) is 2.69. The van der Waals surface area contributed by atoms with Crippen molar-refractivity contribution in [3.05, 3.63) is 69.3 Å². The SMILES string of the molecule is FC(=C(F)c1c(F)c(F)c(F)c(F)c1F)c1c(F)c(F)c(F)c(F)c1F. The molecule has 0 N–H and O–H groups in total. The van der Waals surface area contributed by atoms with Gasteiger partial charge in [-0.1, -0.05) is 0 Å². The Morgan fingerprint density at radius 1 is 0.308 bits per heavy atom. The highest BCUT2D eigenvalue weighted by Crippen LogP contribution is 2.37. The van der Waals surface area contributed by atoms with Crippen LogP contribution in [0.25, 0.3) is 11.7 Å². The van der Waals surface area contributed by atoms with Gasteiger partial charge in [0, 0.05) is 0 Å². The number of hydrogen-bond acceptors (Lipinski definition) is 0. The molecule has 0 nitrogen and oxygen atoms in total. The van der Waals surface area contributed by atoms with Gasteiger partial charge in [0.15, 0.2) is 58.2 Å². The van der Waals surface area contributed by atoms with Crippen molar-refractivity contribution >= 4 is 11.7 Å². The van der Waals surface area contributed by atoms with Crippen LogP contribution in [0.2, 0.25) is 0 Å². The lowest BCUT2D eigenvalue weighted by molar-refractivity contribution is 0.372. The zero-order chi connectivity index (χ0) is 20.1. The van der Waals surface area contributed by atoms with Gasteiger partial charge >= 0.3 is 0 Å². The highest BCUT2D eigenvalue weighted by Gasteiger charge is 2.34. The molecule has 0 saturated heterocycles. The fraction of sp³-hybridized carbons (Fsp3) is 0. The first kappa shape index (κ1) is 19.7. The predicted octanol–water partition coefficient (Wildman–Crippen LogP) is 5.84. The van der Waals surface area contributed by atoms with Crippen molar-refractivity contribution in [3.8, 4) is 0 Å². The second kappa shape index (κ2) is 6.57. The lowest BCUT2D eigenvalue weighted by Crippen LogP contribution is -2.08. The summed E-state index contributed by atoms with van der Waals surface area (Å²) in [5.74, 6) is -34.4. The Morgan fingerprint density at radius 3 is 0.654 bits per heavy atom. The summed E-state index contributed by atoms with van der Waals surface area (Å²) < 4.78 is 159. The smallest absolute Gasteiger partial charge is 0.200 e. The molecule has 0 heterocycles. The van der Waals surface area contributed by atoms with E-state index in [0.717, 1.165) is 0 Å². The maximum absolute atomic E-state index is 13.8. The number of rotatable bonds is 2. The monoisotopic (exact) mass is 396 g/mol. The summed E-state index contributed by atoms with van der Waals surface area (Å²) in [6.45, 7) is 0. The molecule has 0 radical (unpaired) electrons. The maximum atomic E-state index is 13.8. The molecule has 0 fully saturated rings. The van der Waals surface area contributed by atoms with Crippen LogP contribution in [-0.2, 0) is 0 Å². The molecule has 12 heteroatoms. The van der Waals surface area contributed by atoms with E-state index in [-0.39, 0.29) is 0 Å². The van der Waals surface area contributed by atoms with Gasteiger partial charge in [0.1, 0.15) is 0 Å². The van der Waals surface area contributed by atoms with Gasteiger partial charge in [-0.25, -0.2) is 52.7 Å². The van der Waals surface area contributed by atoms with Crippen LogP contribution in [0, 0.1) is 58.2 Å². The summed E-state index contributed by atoms with van der Waals surface area (Å²) in [6, 6.07) is 0. The molecule has 26 heavy (non-hydrogen) atoms. The second-order valence-corrected chi connectivity index (χ2v) is 4.52. The van der Waals surface area contributed by atoms with Crippen molar-refractivity contribution in [1.29, 1.82) is 0 Å². The summed E-state index contributed by atoms with van der Waals surface area (Å²) >= 11 is 0. The number of halogens is 12. The van der Waals surface area contributed by atoms with Crippen molar-refractivity contribution in [1.82, 2.24) is 0 Å². The van der Waals surface area contributed by atoms with Crippen LogP contribution >= 0.6 is 0 Å². The summed E-state index contributed by atoms with van der Waals surface area (Å²) in [5.41, 5.74) is -5.19. The van der Waals surface area contributed by atoms with Gasteiger partial charge in [0.25, 0.3) is 0 Å². The van der Waals surface area contributed by atoms with E-state index in [1.165, 1.54) is 0 Å². The minimum Gasteiger partial charge on any atom is -0.203 e. The topological polar surface area (TPSA) is 0 Å². The highest BCUT2D eigenvalue weighted by molar-refractivity contribution is 5.84. The lowest BCUT2D eigenvalue weighted by Gasteiger charge is -2.10. The molecule has 2 aromatic rings. The minimum atomic E-state index is -3.08. The van der Waals surface area contributed by atoms with Crippen LogP contribution < -0.4 is 0 Å². The molecule has 2 rings (SSSR count). The van der Waals surface area contributed by atoms with E-state index < -0.39 is 81.0 Å². The minimum absolute atomic E-state index is 2.59. The molecular weight excluding hydrogens is 396 g/mol. The van der Waals surface area contributed by atoms with E-state index in [1.807, 2.05) is 0 Å².